The van der Waals surface area contributed by atoms with Crippen molar-refractivity contribution in [1.82, 2.24) is 0 Å². The topological polar surface area (TPSA) is 32.8 Å². The number of halogens is 1. The Kier molecular flexibility index (Phi) is 2.03. The largest absolute Gasteiger partial charge is 0.394 e. The molecule has 3 heteroatoms. The molecular weight excluding hydrogens is 123 g/mol. The molecule has 54 valence electrons. The minimum Gasteiger partial charge on any atom is -0.394 e. The zero-order valence-electron chi connectivity index (χ0n) is 5.38. The molecular formula is C6H11FO2. The fourth-order valence-corrected chi connectivity index (χ4v) is 0.867. The van der Waals surface area contributed by atoms with Gasteiger partial charge in [-0.25, -0.2) is 4.39 Å². The lowest BCUT2D eigenvalue weighted by molar-refractivity contribution is 0.238. The molecule has 1 aliphatic rings. The standard InChI is InChI=1S/C6H11FO2/c1-4(7)2-5-6(3-8)9-5/h4-6,8H,2-3H2,1H3/t4?,5-,6+/m1/s1. The molecule has 1 aliphatic heterocycles. The van der Waals surface area contributed by atoms with E-state index < -0.39 is 6.17 Å². The van der Waals surface area contributed by atoms with Crippen molar-refractivity contribution in [3.05, 3.63) is 0 Å². The van der Waals surface area contributed by atoms with Crippen molar-refractivity contribution in [2.75, 3.05) is 6.61 Å². The Bertz CT molecular complexity index is 95.1. The van der Waals surface area contributed by atoms with Gasteiger partial charge in [-0.05, 0) is 6.92 Å². The summed E-state index contributed by atoms with van der Waals surface area (Å²) < 4.78 is 17.0. The van der Waals surface area contributed by atoms with Crippen molar-refractivity contribution in [1.29, 1.82) is 0 Å². The molecule has 1 rings (SSSR count). The maximum atomic E-state index is 12.1. The van der Waals surface area contributed by atoms with Crippen molar-refractivity contribution in [2.45, 2.75) is 31.7 Å². The first-order valence-electron chi connectivity index (χ1n) is 3.14. The number of aliphatic hydroxyl groups is 1. The van der Waals surface area contributed by atoms with Gasteiger partial charge in [-0.3, -0.25) is 0 Å². The average molecular weight is 134 g/mol. The Hall–Kier alpha value is -0.150. The third kappa shape index (κ3) is 1.91. The molecule has 0 aromatic rings. The van der Waals surface area contributed by atoms with Crippen LogP contribution in [0.1, 0.15) is 13.3 Å². The third-order valence-corrected chi connectivity index (χ3v) is 1.42. The summed E-state index contributed by atoms with van der Waals surface area (Å²) in [5.74, 6) is 0. The van der Waals surface area contributed by atoms with Crippen LogP contribution in [0.15, 0.2) is 0 Å². The predicted molar refractivity (Wildman–Crippen MR) is 30.9 cm³/mol. The van der Waals surface area contributed by atoms with E-state index in [0.29, 0.717) is 6.42 Å². The number of epoxide rings is 1. The summed E-state index contributed by atoms with van der Waals surface area (Å²) in [5.41, 5.74) is 0. The number of ether oxygens (including phenoxy) is 1. The molecule has 0 radical (unpaired) electrons. The van der Waals surface area contributed by atoms with Crippen LogP contribution in [-0.2, 0) is 4.74 Å². The minimum atomic E-state index is -0.813. The van der Waals surface area contributed by atoms with Crippen LogP contribution >= 0.6 is 0 Å². The Labute approximate surface area is 53.6 Å². The lowest BCUT2D eigenvalue weighted by Gasteiger charge is -1.93. The summed E-state index contributed by atoms with van der Waals surface area (Å²) in [7, 11) is 0. The zero-order chi connectivity index (χ0) is 6.85. The van der Waals surface area contributed by atoms with Gasteiger partial charge in [0.05, 0.1) is 18.9 Å². The van der Waals surface area contributed by atoms with Crippen molar-refractivity contribution in [3.8, 4) is 0 Å². The van der Waals surface area contributed by atoms with Gasteiger partial charge in [-0.2, -0.15) is 0 Å². The molecule has 1 N–H and O–H groups in total. The number of hydrogen-bond donors (Lipinski definition) is 1. The summed E-state index contributed by atoms with van der Waals surface area (Å²) in [6.07, 6.45) is -0.490. The monoisotopic (exact) mass is 134 g/mol. The van der Waals surface area contributed by atoms with Gasteiger partial charge in [0.15, 0.2) is 0 Å². The summed E-state index contributed by atoms with van der Waals surface area (Å²) in [5, 5.41) is 8.44. The Morgan fingerprint density at radius 2 is 2.33 bits per heavy atom. The molecule has 0 saturated carbocycles. The third-order valence-electron chi connectivity index (χ3n) is 1.42. The molecule has 0 amide bonds. The molecule has 1 saturated heterocycles. The molecule has 0 aromatic heterocycles. The quantitative estimate of drug-likeness (QED) is 0.570. The first-order chi connectivity index (χ1) is 4.24. The van der Waals surface area contributed by atoms with Gasteiger partial charge >= 0.3 is 0 Å². The van der Waals surface area contributed by atoms with Crippen molar-refractivity contribution in [3.63, 3.8) is 0 Å². The van der Waals surface area contributed by atoms with Crippen molar-refractivity contribution < 1.29 is 14.2 Å². The second-order valence-electron chi connectivity index (χ2n) is 2.41. The van der Waals surface area contributed by atoms with E-state index in [2.05, 4.69) is 0 Å². The predicted octanol–water partition coefficient (Wildman–Crippen LogP) is 0.494. The normalized spacial score (nSPS) is 36.3. The highest BCUT2D eigenvalue weighted by Gasteiger charge is 2.38. The molecule has 0 bridgehead atoms. The summed E-state index contributed by atoms with van der Waals surface area (Å²) in [4.78, 5) is 0. The first kappa shape index (κ1) is 6.96. The molecule has 0 aliphatic carbocycles. The van der Waals surface area contributed by atoms with Crippen LogP contribution in [0.5, 0.6) is 0 Å². The van der Waals surface area contributed by atoms with Crippen LogP contribution in [0, 0.1) is 0 Å². The summed E-state index contributed by atoms with van der Waals surface area (Å²) in [6.45, 7) is 1.52. The fourth-order valence-electron chi connectivity index (χ4n) is 0.867. The van der Waals surface area contributed by atoms with Gasteiger partial charge < -0.3 is 9.84 Å². The second kappa shape index (κ2) is 2.62. The first-order valence-corrected chi connectivity index (χ1v) is 3.14. The molecule has 1 fully saturated rings. The maximum Gasteiger partial charge on any atom is 0.107 e. The highest BCUT2D eigenvalue weighted by atomic mass is 19.1. The summed E-state index contributed by atoms with van der Waals surface area (Å²) in [6, 6.07) is 0. The molecule has 0 aromatic carbocycles. The average Bonchev–Trinajstić information content (AvgIpc) is 2.45. The molecule has 2 nitrogen and oxygen atoms in total. The van der Waals surface area contributed by atoms with Crippen molar-refractivity contribution >= 4 is 0 Å². The number of alkyl halides is 1. The second-order valence-corrected chi connectivity index (χ2v) is 2.41. The molecule has 0 spiro atoms. The van der Waals surface area contributed by atoms with E-state index in [-0.39, 0.29) is 18.8 Å². The van der Waals surface area contributed by atoms with Gasteiger partial charge in [-0.15, -0.1) is 0 Å². The highest BCUT2D eigenvalue weighted by Crippen LogP contribution is 2.26. The van der Waals surface area contributed by atoms with Crippen LogP contribution in [0.2, 0.25) is 0 Å². The Morgan fingerprint density at radius 3 is 2.67 bits per heavy atom. The zero-order valence-corrected chi connectivity index (χ0v) is 5.38. The van der Waals surface area contributed by atoms with E-state index in [1.54, 1.807) is 0 Å². The van der Waals surface area contributed by atoms with Crippen molar-refractivity contribution in [2.24, 2.45) is 0 Å². The van der Waals surface area contributed by atoms with Gasteiger partial charge in [-0.1, -0.05) is 0 Å². The number of rotatable bonds is 3. The lowest BCUT2D eigenvalue weighted by Crippen LogP contribution is -2.04. The van der Waals surface area contributed by atoms with Crippen LogP contribution in [-0.4, -0.2) is 30.1 Å². The molecule has 3 atom stereocenters. The van der Waals surface area contributed by atoms with Crippen LogP contribution in [0.25, 0.3) is 0 Å². The van der Waals surface area contributed by atoms with E-state index in [0.717, 1.165) is 0 Å². The van der Waals surface area contributed by atoms with Gasteiger partial charge in [0.25, 0.3) is 0 Å². The van der Waals surface area contributed by atoms with E-state index in [1.807, 2.05) is 0 Å². The summed E-state index contributed by atoms with van der Waals surface area (Å²) >= 11 is 0. The van der Waals surface area contributed by atoms with E-state index in [1.165, 1.54) is 6.92 Å². The molecule has 1 unspecified atom stereocenters. The minimum absolute atomic E-state index is 0.0185. The van der Waals surface area contributed by atoms with E-state index >= 15 is 0 Å². The lowest BCUT2D eigenvalue weighted by atomic mass is 10.2. The van der Waals surface area contributed by atoms with Crippen LogP contribution in [0.3, 0.4) is 0 Å². The SMILES string of the molecule is CC(F)C[C@H]1O[C@H]1CO. The van der Waals surface area contributed by atoms with Gasteiger partial charge in [0.2, 0.25) is 0 Å². The maximum absolute atomic E-state index is 12.1. The smallest absolute Gasteiger partial charge is 0.107 e. The molecule has 1 heterocycles. The Balaban J connectivity index is 2.05. The van der Waals surface area contributed by atoms with Gasteiger partial charge in [0.1, 0.15) is 6.10 Å². The van der Waals surface area contributed by atoms with Gasteiger partial charge in [0, 0.05) is 6.42 Å². The van der Waals surface area contributed by atoms with E-state index in [4.69, 9.17) is 9.84 Å². The van der Waals surface area contributed by atoms with Crippen LogP contribution < -0.4 is 0 Å². The Morgan fingerprint density at radius 1 is 1.67 bits per heavy atom. The van der Waals surface area contributed by atoms with E-state index in [9.17, 15) is 4.39 Å². The molecule has 9 heavy (non-hydrogen) atoms. The highest BCUT2D eigenvalue weighted by molar-refractivity contribution is 4.85. The fraction of sp³-hybridized carbons (Fsp3) is 1.00. The van der Waals surface area contributed by atoms with Crippen LogP contribution in [0.4, 0.5) is 4.39 Å². The number of aliphatic hydroxyl groups excluding tert-OH is 1. The number of hydrogen-bond acceptors (Lipinski definition) is 2.